The Bertz CT molecular complexity index is 283. The summed E-state index contributed by atoms with van der Waals surface area (Å²) in [5, 5.41) is 6.06. The molecule has 0 aromatic heterocycles. The molecular formula is C13H26N4O. The first-order valence-corrected chi connectivity index (χ1v) is 6.93. The van der Waals surface area contributed by atoms with E-state index >= 15 is 0 Å². The molecule has 5 nitrogen and oxygen atoms in total. The number of carbonyl (C=O) groups excluding carboxylic acids is 1. The Morgan fingerprint density at radius 2 is 2.00 bits per heavy atom. The molecule has 1 aliphatic rings. The zero-order valence-corrected chi connectivity index (χ0v) is 11.5. The Morgan fingerprint density at radius 3 is 2.61 bits per heavy atom. The predicted octanol–water partition coefficient (Wildman–Crippen LogP) is 1.14. The third-order valence-electron chi connectivity index (χ3n) is 3.03. The molecule has 0 bridgehead atoms. The molecule has 4 N–H and O–H groups in total. The molecule has 0 radical (unpaired) electrons. The minimum absolute atomic E-state index is 0.0271. The standard InChI is InChI=1S/C13H26N4O/c1-10(2)16-12(18)8-9-15-13(14)17-11-6-4-3-5-7-11/h10-11H,3-9H2,1-2H3,(H,16,18)(H3,14,15,17). The van der Waals surface area contributed by atoms with Gasteiger partial charge in [-0.05, 0) is 26.7 Å². The first-order valence-electron chi connectivity index (χ1n) is 6.93. The maximum absolute atomic E-state index is 11.4. The van der Waals surface area contributed by atoms with Crippen LogP contribution in [0.15, 0.2) is 4.99 Å². The highest BCUT2D eigenvalue weighted by Gasteiger charge is 2.13. The number of rotatable bonds is 5. The minimum Gasteiger partial charge on any atom is -0.370 e. The van der Waals surface area contributed by atoms with E-state index in [1.165, 1.54) is 32.1 Å². The quantitative estimate of drug-likeness (QED) is 0.508. The van der Waals surface area contributed by atoms with Crippen molar-refractivity contribution < 1.29 is 4.79 Å². The van der Waals surface area contributed by atoms with Gasteiger partial charge in [0.25, 0.3) is 0 Å². The number of amides is 1. The van der Waals surface area contributed by atoms with Gasteiger partial charge in [-0.15, -0.1) is 0 Å². The molecule has 1 saturated carbocycles. The van der Waals surface area contributed by atoms with Crippen molar-refractivity contribution in [3.8, 4) is 0 Å². The van der Waals surface area contributed by atoms with Crippen molar-refractivity contribution in [1.82, 2.24) is 10.6 Å². The summed E-state index contributed by atoms with van der Waals surface area (Å²) in [7, 11) is 0. The van der Waals surface area contributed by atoms with E-state index < -0.39 is 0 Å². The highest BCUT2D eigenvalue weighted by Crippen LogP contribution is 2.16. The molecule has 18 heavy (non-hydrogen) atoms. The van der Waals surface area contributed by atoms with Crippen LogP contribution in [-0.4, -0.2) is 30.5 Å². The van der Waals surface area contributed by atoms with Crippen molar-refractivity contribution in [1.29, 1.82) is 0 Å². The lowest BCUT2D eigenvalue weighted by Crippen LogP contribution is -2.41. The molecule has 0 spiro atoms. The van der Waals surface area contributed by atoms with Crippen LogP contribution >= 0.6 is 0 Å². The summed E-state index contributed by atoms with van der Waals surface area (Å²) in [4.78, 5) is 15.6. The Kier molecular flexibility index (Phi) is 6.54. The second-order valence-electron chi connectivity index (χ2n) is 5.22. The largest absolute Gasteiger partial charge is 0.370 e. The fourth-order valence-corrected chi connectivity index (χ4v) is 2.17. The summed E-state index contributed by atoms with van der Waals surface area (Å²) in [6, 6.07) is 0.645. The summed E-state index contributed by atoms with van der Waals surface area (Å²) >= 11 is 0. The van der Waals surface area contributed by atoms with E-state index in [9.17, 15) is 4.79 Å². The molecule has 1 amide bonds. The van der Waals surface area contributed by atoms with Crippen LogP contribution in [0.1, 0.15) is 52.4 Å². The molecule has 0 aromatic rings. The smallest absolute Gasteiger partial charge is 0.222 e. The van der Waals surface area contributed by atoms with Gasteiger partial charge in [0, 0.05) is 18.5 Å². The Balaban J connectivity index is 2.18. The van der Waals surface area contributed by atoms with Gasteiger partial charge in [0.15, 0.2) is 5.96 Å². The van der Waals surface area contributed by atoms with Crippen LogP contribution < -0.4 is 16.4 Å². The van der Waals surface area contributed by atoms with Crippen molar-refractivity contribution in [3.05, 3.63) is 0 Å². The van der Waals surface area contributed by atoms with Gasteiger partial charge < -0.3 is 16.4 Å². The normalized spacial score (nSPS) is 17.8. The Hall–Kier alpha value is -1.26. The maximum Gasteiger partial charge on any atom is 0.222 e. The van der Waals surface area contributed by atoms with E-state index in [4.69, 9.17) is 5.73 Å². The summed E-state index contributed by atoms with van der Waals surface area (Å²) < 4.78 is 0. The number of nitrogens with zero attached hydrogens (tertiary/aromatic N) is 1. The topological polar surface area (TPSA) is 79.5 Å². The van der Waals surface area contributed by atoms with Gasteiger partial charge >= 0.3 is 0 Å². The Labute approximate surface area is 110 Å². The molecule has 0 aromatic carbocycles. The molecule has 0 atom stereocenters. The summed E-state index contributed by atoms with van der Waals surface area (Å²) in [6.45, 7) is 4.34. The number of aliphatic imine (C=N–C) groups is 1. The number of nitrogens with two attached hydrogens (primary N) is 1. The molecule has 1 rings (SSSR count). The second kappa shape index (κ2) is 7.95. The SMILES string of the molecule is CC(C)NC(=O)CCN=C(N)NC1CCCCC1. The van der Waals surface area contributed by atoms with Crippen molar-refractivity contribution in [3.63, 3.8) is 0 Å². The molecule has 5 heteroatoms. The van der Waals surface area contributed by atoms with Crippen molar-refractivity contribution in [2.24, 2.45) is 10.7 Å². The van der Waals surface area contributed by atoms with E-state index in [2.05, 4.69) is 15.6 Å². The van der Waals surface area contributed by atoms with Gasteiger partial charge in [0.05, 0.1) is 6.54 Å². The lowest BCUT2D eigenvalue weighted by atomic mass is 9.96. The van der Waals surface area contributed by atoms with Gasteiger partial charge in [-0.3, -0.25) is 9.79 Å². The fraction of sp³-hybridized carbons (Fsp3) is 0.846. The van der Waals surface area contributed by atoms with Crippen LogP contribution in [0.2, 0.25) is 0 Å². The summed E-state index contributed by atoms with van der Waals surface area (Å²) in [5.41, 5.74) is 5.80. The average molecular weight is 254 g/mol. The number of carbonyl (C=O) groups is 1. The van der Waals surface area contributed by atoms with Gasteiger partial charge in [-0.25, -0.2) is 0 Å². The van der Waals surface area contributed by atoms with Crippen molar-refractivity contribution >= 4 is 11.9 Å². The van der Waals surface area contributed by atoms with E-state index in [1.807, 2.05) is 13.8 Å². The lowest BCUT2D eigenvalue weighted by molar-refractivity contribution is -0.121. The van der Waals surface area contributed by atoms with Crippen LogP contribution in [0.3, 0.4) is 0 Å². The lowest BCUT2D eigenvalue weighted by Gasteiger charge is -2.23. The van der Waals surface area contributed by atoms with E-state index in [0.717, 1.165) is 0 Å². The second-order valence-corrected chi connectivity index (χ2v) is 5.22. The third kappa shape index (κ3) is 6.47. The molecule has 0 aliphatic heterocycles. The fourth-order valence-electron chi connectivity index (χ4n) is 2.17. The van der Waals surface area contributed by atoms with Gasteiger partial charge in [-0.1, -0.05) is 19.3 Å². The third-order valence-corrected chi connectivity index (χ3v) is 3.03. The highest BCUT2D eigenvalue weighted by atomic mass is 16.1. The molecule has 104 valence electrons. The molecule has 0 heterocycles. The van der Waals surface area contributed by atoms with Gasteiger partial charge in [-0.2, -0.15) is 0 Å². The maximum atomic E-state index is 11.4. The van der Waals surface area contributed by atoms with E-state index in [1.54, 1.807) is 0 Å². The van der Waals surface area contributed by atoms with E-state index in [-0.39, 0.29) is 11.9 Å². The average Bonchev–Trinajstić information content (AvgIpc) is 2.29. The Morgan fingerprint density at radius 1 is 1.33 bits per heavy atom. The zero-order chi connectivity index (χ0) is 13.4. The number of hydrogen-bond acceptors (Lipinski definition) is 2. The summed E-state index contributed by atoms with van der Waals surface area (Å²) in [5.74, 6) is 0.499. The molecule has 0 unspecified atom stereocenters. The van der Waals surface area contributed by atoms with Crippen LogP contribution in [0.5, 0.6) is 0 Å². The molecular weight excluding hydrogens is 228 g/mol. The monoisotopic (exact) mass is 254 g/mol. The van der Waals surface area contributed by atoms with Crippen molar-refractivity contribution in [2.45, 2.75) is 64.5 Å². The number of nitrogens with one attached hydrogen (secondary N) is 2. The minimum atomic E-state index is 0.0271. The van der Waals surface area contributed by atoms with Crippen LogP contribution in [0.4, 0.5) is 0 Å². The summed E-state index contributed by atoms with van der Waals surface area (Å²) in [6.07, 6.45) is 6.59. The predicted molar refractivity (Wildman–Crippen MR) is 74.4 cm³/mol. The number of hydrogen-bond donors (Lipinski definition) is 3. The first-order chi connectivity index (χ1) is 8.58. The van der Waals surface area contributed by atoms with E-state index in [0.29, 0.717) is 25.0 Å². The number of guanidine groups is 1. The van der Waals surface area contributed by atoms with Crippen molar-refractivity contribution in [2.75, 3.05) is 6.54 Å². The van der Waals surface area contributed by atoms with Gasteiger partial charge in [0.1, 0.15) is 0 Å². The van der Waals surface area contributed by atoms with Gasteiger partial charge in [0.2, 0.25) is 5.91 Å². The molecule has 1 fully saturated rings. The highest BCUT2D eigenvalue weighted by molar-refractivity contribution is 5.79. The molecule has 0 saturated heterocycles. The van der Waals surface area contributed by atoms with Crippen LogP contribution in [0, 0.1) is 0 Å². The van der Waals surface area contributed by atoms with Crippen LogP contribution in [0.25, 0.3) is 0 Å². The van der Waals surface area contributed by atoms with Crippen LogP contribution in [-0.2, 0) is 4.79 Å². The first kappa shape index (κ1) is 14.8. The zero-order valence-electron chi connectivity index (χ0n) is 11.5. The molecule has 1 aliphatic carbocycles.